The van der Waals surface area contributed by atoms with Crippen molar-refractivity contribution >= 4 is 11.6 Å². The van der Waals surface area contributed by atoms with Crippen molar-refractivity contribution in [3.63, 3.8) is 0 Å². The molecule has 5 nitrogen and oxygen atoms in total. The number of hydrogen-bond acceptors (Lipinski definition) is 5. The van der Waals surface area contributed by atoms with Crippen LogP contribution in [-0.2, 0) is 0 Å². The Kier molecular flexibility index (Phi) is 6.43. The minimum atomic E-state index is 0.191. The summed E-state index contributed by atoms with van der Waals surface area (Å²) in [7, 11) is 0. The first-order valence-electron chi connectivity index (χ1n) is 6.66. The molecule has 0 amide bonds. The average molecular weight is 252 g/mol. The molecule has 0 aliphatic heterocycles. The second kappa shape index (κ2) is 7.87. The molecule has 0 spiro atoms. The van der Waals surface area contributed by atoms with E-state index in [4.69, 9.17) is 5.11 Å². The molecule has 1 aromatic rings. The molecule has 18 heavy (non-hydrogen) atoms. The van der Waals surface area contributed by atoms with E-state index in [-0.39, 0.29) is 12.6 Å². The van der Waals surface area contributed by atoms with Gasteiger partial charge >= 0.3 is 0 Å². The van der Waals surface area contributed by atoms with Gasteiger partial charge in [0.15, 0.2) is 0 Å². The first kappa shape index (κ1) is 14.7. The molecule has 0 fully saturated rings. The Balaban J connectivity index is 2.71. The number of hydrogen-bond donors (Lipinski definition) is 3. The summed E-state index contributed by atoms with van der Waals surface area (Å²) >= 11 is 0. The Labute approximate surface area is 109 Å². The molecule has 0 saturated heterocycles. The zero-order valence-electron chi connectivity index (χ0n) is 11.5. The van der Waals surface area contributed by atoms with Crippen LogP contribution < -0.4 is 10.6 Å². The minimum absolute atomic E-state index is 0.191. The largest absolute Gasteiger partial charge is 0.396 e. The van der Waals surface area contributed by atoms with Gasteiger partial charge in [0, 0.05) is 25.3 Å². The maximum atomic E-state index is 8.99. The van der Waals surface area contributed by atoms with Crippen molar-refractivity contribution in [2.45, 2.75) is 46.1 Å². The summed E-state index contributed by atoms with van der Waals surface area (Å²) in [5, 5.41) is 15.6. The molecular weight excluding hydrogens is 228 g/mol. The summed E-state index contributed by atoms with van der Waals surface area (Å²) in [6, 6.07) is 2.17. The molecule has 0 bridgehead atoms. The molecular formula is C13H24N4O. The van der Waals surface area contributed by atoms with E-state index in [0.29, 0.717) is 0 Å². The molecule has 5 heteroatoms. The van der Waals surface area contributed by atoms with Crippen LogP contribution in [0.25, 0.3) is 0 Å². The van der Waals surface area contributed by atoms with Gasteiger partial charge in [-0.1, -0.05) is 13.8 Å². The third-order valence-electron chi connectivity index (χ3n) is 2.72. The Morgan fingerprint density at radius 2 is 2.00 bits per heavy atom. The van der Waals surface area contributed by atoms with Gasteiger partial charge in [-0.05, 0) is 26.2 Å². The number of nitrogens with zero attached hydrogens (tertiary/aromatic N) is 2. The number of rotatable bonds is 8. The van der Waals surface area contributed by atoms with Gasteiger partial charge in [0.2, 0.25) is 0 Å². The van der Waals surface area contributed by atoms with Gasteiger partial charge in [0.25, 0.3) is 0 Å². The smallest absolute Gasteiger partial charge is 0.132 e. The van der Waals surface area contributed by atoms with E-state index in [1.807, 2.05) is 13.0 Å². The Bertz CT molecular complexity index is 357. The third-order valence-corrected chi connectivity index (χ3v) is 2.72. The second-order valence-corrected chi connectivity index (χ2v) is 4.37. The molecule has 102 valence electrons. The Hall–Kier alpha value is -1.36. The van der Waals surface area contributed by atoms with Gasteiger partial charge in [-0.3, -0.25) is 0 Å². The maximum absolute atomic E-state index is 8.99. The van der Waals surface area contributed by atoms with Crippen molar-refractivity contribution in [3.8, 4) is 0 Å². The molecule has 1 atom stereocenters. The van der Waals surface area contributed by atoms with Gasteiger partial charge in [-0.25, -0.2) is 9.97 Å². The number of aryl methyl sites for hydroxylation is 1. The normalized spacial score (nSPS) is 12.2. The maximum Gasteiger partial charge on any atom is 0.132 e. The van der Waals surface area contributed by atoms with Gasteiger partial charge < -0.3 is 15.7 Å². The van der Waals surface area contributed by atoms with Gasteiger partial charge in [0.1, 0.15) is 17.5 Å². The van der Waals surface area contributed by atoms with Crippen molar-refractivity contribution in [2.24, 2.45) is 0 Å². The monoisotopic (exact) mass is 252 g/mol. The average Bonchev–Trinajstić information content (AvgIpc) is 2.35. The molecule has 0 aliphatic carbocycles. The molecule has 1 aromatic heterocycles. The number of anilines is 2. The van der Waals surface area contributed by atoms with Crippen LogP contribution in [-0.4, -0.2) is 34.3 Å². The lowest BCUT2D eigenvalue weighted by atomic mass is 10.1. The van der Waals surface area contributed by atoms with Gasteiger partial charge in [-0.15, -0.1) is 0 Å². The fraction of sp³-hybridized carbons (Fsp3) is 0.692. The molecule has 3 N–H and O–H groups in total. The molecule has 1 heterocycles. The number of aromatic nitrogens is 2. The van der Waals surface area contributed by atoms with Crippen LogP contribution >= 0.6 is 0 Å². The summed E-state index contributed by atoms with van der Waals surface area (Å²) in [6.45, 7) is 7.20. The highest BCUT2D eigenvalue weighted by atomic mass is 16.3. The number of aliphatic hydroxyl groups is 1. The fourth-order valence-corrected chi connectivity index (χ4v) is 1.73. The topological polar surface area (TPSA) is 70.1 Å². The number of aliphatic hydroxyl groups excluding tert-OH is 1. The van der Waals surface area contributed by atoms with E-state index in [1.54, 1.807) is 0 Å². The first-order valence-corrected chi connectivity index (χ1v) is 6.66. The molecule has 1 unspecified atom stereocenters. The van der Waals surface area contributed by atoms with Crippen molar-refractivity contribution in [2.75, 3.05) is 23.8 Å². The lowest BCUT2D eigenvalue weighted by molar-refractivity contribution is 0.278. The standard InChI is InChI=1S/C13H24N4O/c1-4-7-14-12-9-13(16-10(3)15-12)17-11(5-2)6-8-18/h9,11,18H,4-8H2,1-3H3,(H2,14,15,16,17). The lowest BCUT2D eigenvalue weighted by Gasteiger charge is -2.17. The highest BCUT2D eigenvalue weighted by molar-refractivity contribution is 5.48. The summed E-state index contributed by atoms with van der Waals surface area (Å²) in [4.78, 5) is 8.71. The van der Waals surface area contributed by atoms with Crippen LogP contribution in [0.1, 0.15) is 38.9 Å². The van der Waals surface area contributed by atoms with E-state index in [2.05, 4.69) is 34.4 Å². The Morgan fingerprint density at radius 3 is 2.61 bits per heavy atom. The van der Waals surface area contributed by atoms with Crippen molar-refractivity contribution < 1.29 is 5.11 Å². The minimum Gasteiger partial charge on any atom is -0.396 e. The number of nitrogens with one attached hydrogen (secondary N) is 2. The SMILES string of the molecule is CCCNc1cc(NC(CC)CCO)nc(C)n1. The molecule has 0 saturated carbocycles. The summed E-state index contributed by atoms with van der Waals surface area (Å²) in [5.41, 5.74) is 0. The van der Waals surface area contributed by atoms with E-state index >= 15 is 0 Å². The Morgan fingerprint density at radius 1 is 1.28 bits per heavy atom. The van der Waals surface area contributed by atoms with Crippen LogP contribution in [0.3, 0.4) is 0 Å². The van der Waals surface area contributed by atoms with E-state index < -0.39 is 0 Å². The van der Waals surface area contributed by atoms with Crippen LogP contribution in [0, 0.1) is 6.92 Å². The summed E-state index contributed by atoms with van der Waals surface area (Å²) in [6.07, 6.45) is 2.76. The van der Waals surface area contributed by atoms with Crippen molar-refractivity contribution in [1.82, 2.24) is 9.97 Å². The summed E-state index contributed by atoms with van der Waals surface area (Å²) < 4.78 is 0. The first-order chi connectivity index (χ1) is 8.69. The predicted octanol–water partition coefficient (Wildman–Crippen LogP) is 2.18. The third kappa shape index (κ3) is 4.87. The van der Waals surface area contributed by atoms with Crippen molar-refractivity contribution in [3.05, 3.63) is 11.9 Å². The van der Waals surface area contributed by atoms with Crippen LogP contribution in [0.15, 0.2) is 6.07 Å². The highest BCUT2D eigenvalue weighted by Gasteiger charge is 2.08. The van der Waals surface area contributed by atoms with Crippen LogP contribution in [0.4, 0.5) is 11.6 Å². The van der Waals surface area contributed by atoms with Gasteiger partial charge in [-0.2, -0.15) is 0 Å². The van der Waals surface area contributed by atoms with Gasteiger partial charge in [0.05, 0.1) is 0 Å². The highest BCUT2D eigenvalue weighted by Crippen LogP contribution is 2.14. The molecule has 0 radical (unpaired) electrons. The van der Waals surface area contributed by atoms with E-state index in [1.165, 1.54) is 0 Å². The summed E-state index contributed by atoms with van der Waals surface area (Å²) in [5.74, 6) is 2.42. The molecule has 0 aliphatic rings. The zero-order valence-corrected chi connectivity index (χ0v) is 11.5. The quantitative estimate of drug-likeness (QED) is 0.661. The van der Waals surface area contributed by atoms with Crippen LogP contribution in [0.2, 0.25) is 0 Å². The van der Waals surface area contributed by atoms with Crippen LogP contribution in [0.5, 0.6) is 0 Å². The van der Waals surface area contributed by atoms with E-state index in [0.717, 1.165) is 43.3 Å². The fourth-order valence-electron chi connectivity index (χ4n) is 1.73. The second-order valence-electron chi connectivity index (χ2n) is 4.37. The lowest BCUT2D eigenvalue weighted by Crippen LogP contribution is -2.21. The molecule has 1 rings (SSSR count). The molecule has 0 aromatic carbocycles. The van der Waals surface area contributed by atoms with E-state index in [9.17, 15) is 0 Å². The van der Waals surface area contributed by atoms with Crippen molar-refractivity contribution in [1.29, 1.82) is 0 Å². The zero-order chi connectivity index (χ0) is 13.4. The predicted molar refractivity (Wildman–Crippen MR) is 75.0 cm³/mol.